The van der Waals surface area contributed by atoms with E-state index in [1.807, 2.05) is 0 Å². The number of carbonyl (C=O) groups is 2. The van der Waals surface area contributed by atoms with Crippen LogP contribution in [-0.4, -0.2) is 39.8 Å². The first kappa shape index (κ1) is 14.0. The second-order valence-electron chi connectivity index (χ2n) is 3.59. The van der Waals surface area contributed by atoms with Gasteiger partial charge >= 0.3 is 12.0 Å². The molecule has 4 N–H and O–H groups in total. The summed E-state index contributed by atoms with van der Waals surface area (Å²) in [6.45, 7) is 1.46. The van der Waals surface area contributed by atoms with Crippen LogP contribution in [-0.2, 0) is 11.3 Å². The first-order chi connectivity index (χ1) is 8.52. The summed E-state index contributed by atoms with van der Waals surface area (Å²) >= 11 is 0. The Morgan fingerprint density at radius 3 is 2.78 bits per heavy atom. The van der Waals surface area contributed by atoms with Crippen molar-refractivity contribution in [3.05, 3.63) is 17.8 Å². The van der Waals surface area contributed by atoms with Crippen molar-refractivity contribution in [3.63, 3.8) is 0 Å². The molecule has 0 saturated carbocycles. The van der Waals surface area contributed by atoms with Crippen LogP contribution in [0.3, 0.4) is 0 Å². The Labute approximate surface area is 103 Å². The summed E-state index contributed by atoms with van der Waals surface area (Å²) in [5, 5.41) is 22.0. The number of aromatic nitrogens is 1. The SMILES string of the molecule is Cc1cnc(CNC(=O)N[C@@H](CCO)C(=O)O)o1. The highest BCUT2D eigenvalue weighted by molar-refractivity contribution is 5.82. The van der Waals surface area contributed by atoms with Gasteiger partial charge in [0, 0.05) is 13.0 Å². The maximum absolute atomic E-state index is 11.4. The molecule has 1 rings (SSSR count). The monoisotopic (exact) mass is 257 g/mol. The molecule has 2 amide bonds. The van der Waals surface area contributed by atoms with Gasteiger partial charge in [-0.25, -0.2) is 14.6 Å². The Bertz CT molecular complexity index is 417. The van der Waals surface area contributed by atoms with Crippen molar-refractivity contribution in [2.24, 2.45) is 0 Å². The molecule has 0 aliphatic rings. The van der Waals surface area contributed by atoms with Crippen LogP contribution in [0.1, 0.15) is 18.1 Å². The fourth-order valence-corrected chi connectivity index (χ4v) is 1.23. The normalized spacial score (nSPS) is 11.9. The fourth-order valence-electron chi connectivity index (χ4n) is 1.23. The van der Waals surface area contributed by atoms with Gasteiger partial charge in [-0.1, -0.05) is 0 Å². The highest BCUT2D eigenvalue weighted by Gasteiger charge is 2.19. The van der Waals surface area contributed by atoms with Gasteiger partial charge < -0.3 is 25.3 Å². The lowest BCUT2D eigenvalue weighted by Gasteiger charge is -2.13. The molecule has 1 aromatic rings. The summed E-state index contributed by atoms with van der Waals surface area (Å²) in [5.74, 6) is -0.251. The summed E-state index contributed by atoms with van der Waals surface area (Å²) in [4.78, 5) is 26.0. The molecule has 1 heterocycles. The van der Waals surface area contributed by atoms with Crippen LogP contribution in [0.5, 0.6) is 0 Å². The van der Waals surface area contributed by atoms with Crippen LogP contribution in [0.2, 0.25) is 0 Å². The zero-order valence-electron chi connectivity index (χ0n) is 9.84. The number of aliphatic hydroxyl groups excluding tert-OH is 1. The predicted octanol–water partition coefficient (Wildman–Crippen LogP) is -0.382. The molecule has 1 aromatic heterocycles. The molecular weight excluding hydrogens is 242 g/mol. The van der Waals surface area contributed by atoms with Crippen molar-refractivity contribution in [3.8, 4) is 0 Å². The second-order valence-corrected chi connectivity index (χ2v) is 3.59. The van der Waals surface area contributed by atoms with Gasteiger partial charge in [-0.15, -0.1) is 0 Å². The smallest absolute Gasteiger partial charge is 0.326 e. The molecule has 18 heavy (non-hydrogen) atoms. The average Bonchev–Trinajstić information content (AvgIpc) is 2.72. The summed E-state index contributed by atoms with van der Waals surface area (Å²) in [7, 11) is 0. The third-order valence-corrected chi connectivity index (χ3v) is 2.09. The summed E-state index contributed by atoms with van der Waals surface area (Å²) < 4.78 is 5.12. The number of nitrogens with one attached hydrogen (secondary N) is 2. The molecule has 0 aromatic carbocycles. The highest BCUT2D eigenvalue weighted by atomic mass is 16.4. The Kier molecular flexibility index (Phi) is 5.12. The Balaban J connectivity index is 2.38. The van der Waals surface area contributed by atoms with Crippen molar-refractivity contribution in [1.82, 2.24) is 15.6 Å². The van der Waals surface area contributed by atoms with Crippen LogP contribution in [0.4, 0.5) is 4.79 Å². The first-order valence-electron chi connectivity index (χ1n) is 5.32. The fraction of sp³-hybridized carbons (Fsp3) is 0.500. The lowest BCUT2D eigenvalue weighted by molar-refractivity contribution is -0.139. The topological polar surface area (TPSA) is 125 Å². The van der Waals surface area contributed by atoms with Gasteiger partial charge in [0.2, 0.25) is 5.89 Å². The van der Waals surface area contributed by atoms with Gasteiger partial charge in [-0.05, 0) is 6.92 Å². The van der Waals surface area contributed by atoms with E-state index in [0.29, 0.717) is 11.7 Å². The largest absolute Gasteiger partial charge is 0.480 e. The van der Waals surface area contributed by atoms with E-state index in [0.717, 1.165) is 0 Å². The number of amides is 2. The minimum Gasteiger partial charge on any atom is -0.480 e. The third-order valence-electron chi connectivity index (χ3n) is 2.09. The Morgan fingerprint density at radius 2 is 2.28 bits per heavy atom. The van der Waals surface area contributed by atoms with Crippen LogP contribution >= 0.6 is 0 Å². The Morgan fingerprint density at radius 1 is 1.56 bits per heavy atom. The predicted molar refractivity (Wildman–Crippen MR) is 59.7 cm³/mol. The number of rotatable bonds is 6. The van der Waals surface area contributed by atoms with Crippen LogP contribution in [0.15, 0.2) is 10.6 Å². The molecule has 1 atom stereocenters. The number of aryl methyl sites for hydroxylation is 1. The number of oxazole rings is 1. The van der Waals surface area contributed by atoms with Crippen LogP contribution in [0, 0.1) is 6.92 Å². The molecule has 0 spiro atoms. The highest BCUT2D eigenvalue weighted by Crippen LogP contribution is 2.00. The lowest BCUT2D eigenvalue weighted by Crippen LogP contribution is -2.46. The van der Waals surface area contributed by atoms with E-state index < -0.39 is 18.0 Å². The van der Waals surface area contributed by atoms with Crippen LogP contribution in [0.25, 0.3) is 0 Å². The Hall–Kier alpha value is -2.09. The molecule has 0 bridgehead atoms. The molecular formula is C10H15N3O5. The van der Waals surface area contributed by atoms with Gasteiger partial charge in [0.15, 0.2) is 0 Å². The van der Waals surface area contributed by atoms with Crippen molar-refractivity contribution in [2.45, 2.75) is 25.9 Å². The van der Waals surface area contributed by atoms with Gasteiger partial charge in [0.05, 0.1) is 12.7 Å². The van der Waals surface area contributed by atoms with Gasteiger partial charge in [-0.2, -0.15) is 0 Å². The number of carboxylic acid groups (broad SMARTS) is 1. The maximum atomic E-state index is 11.4. The van der Waals surface area contributed by atoms with E-state index in [2.05, 4.69) is 15.6 Å². The third kappa shape index (κ3) is 4.42. The molecule has 8 nitrogen and oxygen atoms in total. The van der Waals surface area contributed by atoms with Crippen molar-refractivity contribution in [1.29, 1.82) is 0 Å². The zero-order valence-corrected chi connectivity index (χ0v) is 9.84. The molecule has 100 valence electrons. The quantitative estimate of drug-likeness (QED) is 0.550. The lowest BCUT2D eigenvalue weighted by atomic mass is 10.2. The minimum absolute atomic E-state index is 0.0547. The standard InChI is InChI=1S/C10H15N3O5/c1-6-4-11-8(18-6)5-12-10(17)13-7(2-3-14)9(15)16/h4,7,14H,2-3,5H2,1H3,(H,15,16)(H2,12,13,17)/t7-/m0/s1. The molecule has 0 fully saturated rings. The van der Waals surface area contributed by atoms with E-state index in [-0.39, 0.29) is 19.6 Å². The van der Waals surface area contributed by atoms with Crippen molar-refractivity contribution < 1.29 is 24.2 Å². The summed E-state index contributed by atoms with van der Waals surface area (Å²) in [5.41, 5.74) is 0. The number of hydrogen-bond donors (Lipinski definition) is 4. The van der Waals surface area contributed by atoms with E-state index >= 15 is 0 Å². The number of hydrogen-bond acceptors (Lipinski definition) is 5. The van der Waals surface area contributed by atoms with Crippen molar-refractivity contribution in [2.75, 3.05) is 6.61 Å². The molecule has 0 saturated heterocycles. The van der Waals surface area contributed by atoms with E-state index in [4.69, 9.17) is 14.6 Å². The number of aliphatic carboxylic acids is 1. The first-order valence-corrected chi connectivity index (χ1v) is 5.32. The van der Waals surface area contributed by atoms with Crippen molar-refractivity contribution >= 4 is 12.0 Å². The number of urea groups is 1. The zero-order chi connectivity index (χ0) is 13.5. The molecule has 0 aliphatic heterocycles. The number of carboxylic acids is 1. The molecule has 0 radical (unpaired) electrons. The van der Waals surface area contributed by atoms with E-state index in [9.17, 15) is 9.59 Å². The molecule has 0 unspecified atom stereocenters. The summed E-state index contributed by atoms with van der Waals surface area (Å²) in [6.07, 6.45) is 1.46. The average molecular weight is 257 g/mol. The maximum Gasteiger partial charge on any atom is 0.326 e. The van der Waals surface area contributed by atoms with Crippen LogP contribution < -0.4 is 10.6 Å². The van der Waals surface area contributed by atoms with E-state index in [1.165, 1.54) is 6.20 Å². The molecule has 0 aliphatic carbocycles. The number of nitrogens with zero attached hydrogens (tertiary/aromatic N) is 1. The summed E-state index contributed by atoms with van der Waals surface area (Å²) in [6, 6.07) is -1.78. The number of aliphatic hydroxyl groups is 1. The number of carbonyl (C=O) groups excluding carboxylic acids is 1. The van der Waals surface area contributed by atoms with Gasteiger partial charge in [0.25, 0.3) is 0 Å². The minimum atomic E-state index is -1.20. The second kappa shape index (κ2) is 6.60. The van der Waals surface area contributed by atoms with Gasteiger partial charge in [-0.3, -0.25) is 0 Å². The van der Waals surface area contributed by atoms with Gasteiger partial charge in [0.1, 0.15) is 11.8 Å². The molecule has 8 heteroatoms. The van der Waals surface area contributed by atoms with E-state index in [1.54, 1.807) is 6.92 Å².